The van der Waals surface area contributed by atoms with Gasteiger partial charge >= 0.3 is 12.1 Å². The molecule has 0 bridgehead atoms. The summed E-state index contributed by atoms with van der Waals surface area (Å²) in [6.07, 6.45) is 1.35. The van der Waals surface area contributed by atoms with Crippen LogP contribution in [0.4, 0.5) is 13.2 Å². The monoisotopic (exact) mass is 322 g/mol. The van der Waals surface area contributed by atoms with Crippen molar-refractivity contribution in [3.8, 4) is 0 Å². The molecule has 8 heteroatoms. The van der Waals surface area contributed by atoms with E-state index in [0.717, 1.165) is 30.7 Å². The van der Waals surface area contributed by atoms with Gasteiger partial charge in [-0.25, -0.2) is 4.79 Å². The molecule has 1 aliphatic carbocycles. The lowest BCUT2D eigenvalue weighted by Crippen LogP contribution is -2.47. The van der Waals surface area contributed by atoms with E-state index in [1.807, 2.05) is 0 Å². The zero-order chi connectivity index (χ0) is 16.2. The summed E-state index contributed by atoms with van der Waals surface area (Å²) in [5.74, 6) is -2.82. The number of hydrogen-bond donors (Lipinski definition) is 1. The Labute approximate surface area is 127 Å². The summed E-state index contributed by atoms with van der Waals surface area (Å²) in [6, 6.07) is 0.161. The lowest BCUT2D eigenvalue weighted by molar-refractivity contribution is -0.243. The number of hydrogen-bond acceptors (Lipinski definition) is 4. The summed E-state index contributed by atoms with van der Waals surface area (Å²) in [7, 11) is 0. The van der Waals surface area contributed by atoms with E-state index in [9.17, 15) is 22.8 Å². The average molecular weight is 322 g/mol. The van der Waals surface area contributed by atoms with Crippen LogP contribution in [0.25, 0.3) is 0 Å². The molecule has 1 N–H and O–H groups in total. The molecule has 1 aliphatic heterocycles. The number of rotatable bonds is 3. The molecule has 5 nitrogen and oxygen atoms in total. The predicted octanol–water partition coefficient (Wildman–Crippen LogP) is 2.17. The van der Waals surface area contributed by atoms with Gasteiger partial charge in [-0.3, -0.25) is 4.79 Å². The van der Waals surface area contributed by atoms with Crippen molar-refractivity contribution in [2.45, 2.75) is 57.2 Å². The first-order chi connectivity index (χ1) is 10.4. The highest BCUT2D eigenvalue weighted by Crippen LogP contribution is 2.23. The smallest absolute Gasteiger partial charge is 0.361 e. The van der Waals surface area contributed by atoms with Gasteiger partial charge in [0, 0.05) is 19.1 Å². The van der Waals surface area contributed by atoms with Gasteiger partial charge in [0.2, 0.25) is 5.91 Å². The maximum atomic E-state index is 12.2. The van der Waals surface area contributed by atoms with Gasteiger partial charge in [0.15, 0.2) is 0 Å². The minimum atomic E-state index is -5.02. The Kier molecular flexibility index (Phi) is 5.66. The highest BCUT2D eigenvalue weighted by molar-refractivity contribution is 5.79. The van der Waals surface area contributed by atoms with Crippen molar-refractivity contribution < 1.29 is 27.6 Å². The summed E-state index contributed by atoms with van der Waals surface area (Å²) in [5, 5.41) is 3.91. The summed E-state index contributed by atoms with van der Waals surface area (Å²) in [6.45, 7) is 0.232. The van der Waals surface area contributed by atoms with Crippen LogP contribution >= 0.6 is 0 Å². The van der Waals surface area contributed by atoms with E-state index in [1.165, 1.54) is 6.42 Å². The quantitative estimate of drug-likeness (QED) is 0.865. The first kappa shape index (κ1) is 17.1. The van der Waals surface area contributed by atoms with Crippen LogP contribution in [0.15, 0.2) is 0 Å². The van der Waals surface area contributed by atoms with Gasteiger partial charge in [-0.05, 0) is 25.7 Å². The molecule has 22 heavy (non-hydrogen) atoms. The van der Waals surface area contributed by atoms with Crippen LogP contribution in [0, 0.1) is 5.92 Å². The molecule has 0 spiro atoms. The van der Waals surface area contributed by atoms with Crippen molar-refractivity contribution in [2.24, 2.45) is 5.92 Å². The summed E-state index contributed by atoms with van der Waals surface area (Å²) in [5.41, 5.74) is 0. The molecule has 2 fully saturated rings. The largest absolute Gasteiger partial charge is 0.492 e. The minimum absolute atomic E-state index is 0.0143. The normalized spacial score (nSPS) is 24.8. The molecular weight excluding hydrogens is 301 g/mol. The van der Waals surface area contributed by atoms with E-state index in [2.05, 4.69) is 10.2 Å². The standard InChI is InChI=1S/C14H21F3N2O3/c15-14(16,17)13(21)22-19-8-4-5-10(9-19)12(20)18-11-6-2-1-3-7-11/h10-11H,1-9H2,(H,18,20)/t10-/m0/s1. The minimum Gasteiger partial charge on any atom is -0.361 e. The number of hydroxylamine groups is 2. The average Bonchev–Trinajstić information content (AvgIpc) is 2.47. The Hall–Kier alpha value is -1.31. The topological polar surface area (TPSA) is 58.6 Å². The Balaban J connectivity index is 1.81. The molecule has 1 heterocycles. The van der Waals surface area contributed by atoms with Gasteiger partial charge in [0.05, 0.1) is 5.92 Å². The zero-order valence-electron chi connectivity index (χ0n) is 12.3. The van der Waals surface area contributed by atoms with Crippen molar-refractivity contribution in [3.05, 3.63) is 0 Å². The highest BCUT2D eigenvalue weighted by atomic mass is 19.4. The number of carbonyl (C=O) groups excluding carboxylic acids is 2. The van der Waals surface area contributed by atoms with Crippen molar-refractivity contribution in [3.63, 3.8) is 0 Å². The molecule has 0 radical (unpaired) electrons. The van der Waals surface area contributed by atoms with E-state index in [0.29, 0.717) is 12.8 Å². The Bertz CT molecular complexity index is 409. The molecule has 0 aromatic carbocycles. The maximum absolute atomic E-state index is 12.2. The molecule has 1 atom stereocenters. The molecule has 1 saturated carbocycles. The van der Waals surface area contributed by atoms with Crippen LogP contribution < -0.4 is 5.32 Å². The van der Waals surface area contributed by atoms with Gasteiger partial charge in [0.1, 0.15) is 0 Å². The predicted molar refractivity (Wildman–Crippen MR) is 71.5 cm³/mol. The van der Waals surface area contributed by atoms with E-state index in [-0.39, 0.29) is 25.0 Å². The van der Waals surface area contributed by atoms with Gasteiger partial charge in [0.25, 0.3) is 0 Å². The molecule has 0 unspecified atom stereocenters. The first-order valence-corrected chi connectivity index (χ1v) is 7.70. The highest BCUT2D eigenvalue weighted by Gasteiger charge is 2.43. The number of piperidine rings is 1. The zero-order valence-corrected chi connectivity index (χ0v) is 12.3. The molecule has 1 amide bonds. The second-order valence-electron chi connectivity index (χ2n) is 5.95. The lowest BCUT2D eigenvalue weighted by Gasteiger charge is -2.32. The van der Waals surface area contributed by atoms with Crippen molar-refractivity contribution >= 4 is 11.9 Å². The van der Waals surface area contributed by atoms with Gasteiger partial charge < -0.3 is 10.2 Å². The van der Waals surface area contributed by atoms with Crippen molar-refractivity contribution in [2.75, 3.05) is 13.1 Å². The lowest BCUT2D eigenvalue weighted by atomic mass is 9.93. The first-order valence-electron chi connectivity index (χ1n) is 7.70. The number of amides is 1. The van der Waals surface area contributed by atoms with E-state index >= 15 is 0 Å². The second kappa shape index (κ2) is 7.30. The molecule has 2 aliphatic rings. The summed E-state index contributed by atoms with van der Waals surface area (Å²) < 4.78 is 36.6. The van der Waals surface area contributed by atoms with Crippen LogP contribution in [-0.4, -0.2) is 42.2 Å². The third-order valence-corrected chi connectivity index (χ3v) is 4.15. The molecule has 0 aromatic rings. The third-order valence-electron chi connectivity index (χ3n) is 4.15. The molecule has 2 rings (SSSR count). The van der Waals surface area contributed by atoms with Crippen LogP contribution in [0.2, 0.25) is 0 Å². The van der Waals surface area contributed by atoms with Crippen LogP contribution in [0.1, 0.15) is 44.9 Å². The second-order valence-corrected chi connectivity index (χ2v) is 5.95. The van der Waals surface area contributed by atoms with Gasteiger partial charge in [-0.1, -0.05) is 19.3 Å². The van der Waals surface area contributed by atoms with Crippen LogP contribution in [0.5, 0.6) is 0 Å². The SMILES string of the molecule is O=C(NC1CCCCC1)[C@H]1CCCN(OC(=O)C(F)(F)F)C1. The fourth-order valence-electron chi connectivity index (χ4n) is 2.97. The summed E-state index contributed by atoms with van der Waals surface area (Å²) in [4.78, 5) is 27.3. The number of alkyl halides is 3. The number of nitrogens with one attached hydrogen (secondary N) is 1. The molecule has 126 valence electrons. The van der Waals surface area contributed by atoms with Gasteiger partial charge in [-0.2, -0.15) is 13.2 Å². The van der Waals surface area contributed by atoms with Crippen LogP contribution in [0.3, 0.4) is 0 Å². The molecule has 1 saturated heterocycles. The number of carbonyl (C=O) groups is 2. The van der Waals surface area contributed by atoms with E-state index in [4.69, 9.17) is 0 Å². The third kappa shape index (κ3) is 4.86. The summed E-state index contributed by atoms with van der Waals surface area (Å²) >= 11 is 0. The van der Waals surface area contributed by atoms with Crippen molar-refractivity contribution in [1.29, 1.82) is 0 Å². The van der Waals surface area contributed by atoms with Crippen LogP contribution in [-0.2, 0) is 14.4 Å². The Morgan fingerprint density at radius 2 is 1.73 bits per heavy atom. The number of nitrogens with zero attached hydrogens (tertiary/aromatic N) is 1. The van der Waals surface area contributed by atoms with E-state index < -0.39 is 18.1 Å². The molecule has 0 aromatic heterocycles. The van der Waals surface area contributed by atoms with Gasteiger partial charge in [-0.15, -0.1) is 5.06 Å². The Morgan fingerprint density at radius 1 is 1.05 bits per heavy atom. The van der Waals surface area contributed by atoms with Crippen molar-refractivity contribution in [1.82, 2.24) is 10.4 Å². The van der Waals surface area contributed by atoms with E-state index in [1.54, 1.807) is 0 Å². The maximum Gasteiger partial charge on any atom is 0.492 e. The number of halogens is 3. The molecular formula is C14H21F3N2O3. The Morgan fingerprint density at radius 3 is 2.36 bits per heavy atom. The fourth-order valence-corrected chi connectivity index (χ4v) is 2.97. The fraction of sp³-hybridized carbons (Fsp3) is 0.857.